The highest BCUT2D eigenvalue weighted by Gasteiger charge is 2.30. The molecule has 0 unspecified atom stereocenters. The third-order valence-electron chi connectivity index (χ3n) is 3.69. The fourth-order valence-corrected chi connectivity index (χ4v) is 2.69. The first-order valence-electron chi connectivity index (χ1n) is 7.11. The van der Waals surface area contributed by atoms with E-state index in [4.69, 9.17) is 25.8 Å². The van der Waals surface area contributed by atoms with E-state index in [1.54, 1.807) is 31.4 Å². The van der Waals surface area contributed by atoms with Gasteiger partial charge >= 0.3 is 5.97 Å². The molecule has 0 N–H and O–H groups in total. The van der Waals surface area contributed by atoms with Crippen molar-refractivity contribution in [3.63, 3.8) is 0 Å². The van der Waals surface area contributed by atoms with Crippen molar-refractivity contribution in [2.24, 2.45) is 10.9 Å². The molecule has 2 aliphatic rings. The molecule has 0 saturated carbocycles. The van der Waals surface area contributed by atoms with Crippen LogP contribution in [-0.4, -0.2) is 32.2 Å². The summed E-state index contributed by atoms with van der Waals surface area (Å²) in [6.07, 6.45) is 3.28. The summed E-state index contributed by atoms with van der Waals surface area (Å²) in [5.74, 6) is 0.813. The number of hydrogen-bond donors (Lipinski definition) is 0. The van der Waals surface area contributed by atoms with E-state index in [9.17, 15) is 4.79 Å². The van der Waals surface area contributed by atoms with E-state index >= 15 is 0 Å². The maximum atomic E-state index is 12.0. The van der Waals surface area contributed by atoms with Crippen molar-refractivity contribution in [3.8, 4) is 5.75 Å². The minimum absolute atomic E-state index is 0.143. The number of halogens is 1. The normalized spacial score (nSPS) is 20.9. The number of carbonyl (C=O) groups is 1. The molecule has 1 aromatic carbocycles. The standard InChI is InChI=1S/C16H16ClNO4/c1-20-14-3-2-12(17)8-11(14)9-13-16(19)22-15(18-13)10-4-6-21-7-5-10/h2-3,8-10H,4-7H2,1H3/b13-9+. The molecule has 3 rings (SSSR count). The van der Waals surface area contributed by atoms with Gasteiger partial charge in [0.25, 0.3) is 0 Å². The van der Waals surface area contributed by atoms with Crippen LogP contribution in [0.1, 0.15) is 18.4 Å². The Morgan fingerprint density at radius 3 is 2.86 bits per heavy atom. The Labute approximate surface area is 133 Å². The monoisotopic (exact) mass is 321 g/mol. The van der Waals surface area contributed by atoms with Crippen molar-refractivity contribution < 1.29 is 19.0 Å². The molecule has 0 bridgehead atoms. The van der Waals surface area contributed by atoms with Crippen molar-refractivity contribution in [2.45, 2.75) is 12.8 Å². The van der Waals surface area contributed by atoms with E-state index in [0.717, 1.165) is 12.8 Å². The quantitative estimate of drug-likeness (QED) is 0.634. The SMILES string of the molecule is COc1ccc(Cl)cc1/C=C1/N=C(C2CCOCC2)OC1=O. The molecule has 6 heteroatoms. The summed E-state index contributed by atoms with van der Waals surface area (Å²) in [6, 6.07) is 5.20. The lowest BCUT2D eigenvalue weighted by atomic mass is 10.0. The highest BCUT2D eigenvalue weighted by molar-refractivity contribution is 6.30. The number of methoxy groups -OCH3 is 1. The van der Waals surface area contributed by atoms with Gasteiger partial charge in [-0.2, -0.15) is 0 Å². The van der Waals surface area contributed by atoms with Crippen LogP contribution in [-0.2, 0) is 14.3 Å². The van der Waals surface area contributed by atoms with Crippen LogP contribution in [0.2, 0.25) is 5.02 Å². The Hall–Kier alpha value is -1.85. The zero-order valence-electron chi connectivity index (χ0n) is 12.2. The highest BCUT2D eigenvalue weighted by atomic mass is 35.5. The molecule has 1 saturated heterocycles. The zero-order valence-corrected chi connectivity index (χ0v) is 12.9. The van der Waals surface area contributed by atoms with Gasteiger partial charge in [0.05, 0.1) is 7.11 Å². The van der Waals surface area contributed by atoms with Crippen LogP contribution in [0.15, 0.2) is 28.9 Å². The number of rotatable bonds is 3. The maximum Gasteiger partial charge on any atom is 0.363 e. The van der Waals surface area contributed by atoms with E-state index in [-0.39, 0.29) is 11.6 Å². The molecule has 0 radical (unpaired) electrons. The second kappa shape index (κ2) is 6.50. The smallest absolute Gasteiger partial charge is 0.363 e. The Morgan fingerprint density at radius 2 is 2.14 bits per heavy atom. The zero-order chi connectivity index (χ0) is 15.5. The van der Waals surface area contributed by atoms with Crippen LogP contribution in [0.4, 0.5) is 0 Å². The molecule has 0 spiro atoms. The Bertz CT molecular complexity index is 648. The average molecular weight is 322 g/mol. The molecule has 2 aliphatic heterocycles. The summed E-state index contributed by atoms with van der Waals surface area (Å²) in [5.41, 5.74) is 0.959. The lowest BCUT2D eigenvalue weighted by Gasteiger charge is -2.20. The van der Waals surface area contributed by atoms with E-state index < -0.39 is 5.97 Å². The van der Waals surface area contributed by atoms with Crippen molar-refractivity contribution in [1.82, 2.24) is 0 Å². The van der Waals surface area contributed by atoms with E-state index in [1.807, 2.05) is 0 Å². The topological polar surface area (TPSA) is 57.1 Å². The lowest BCUT2D eigenvalue weighted by Crippen LogP contribution is -2.24. The summed E-state index contributed by atoms with van der Waals surface area (Å²) < 4.78 is 15.9. The predicted molar refractivity (Wildman–Crippen MR) is 83.1 cm³/mol. The maximum absolute atomic E-state index is 12.0. The summed E-state index contributed by atoms with van der Waals surface area (Å²) in [4.78, 5) is 16.4. The molecule has 1 aromatic rings. The third-order valence-corrected chi connectivity index (χ3v) is 3.93. The second-order valence-corrected chi connectivity index (χ2v) is 5.58. The van der Waals surface area contributed by atoms with Crippen LogP contribution in [0.3, 0.4) is 0 Å². The van der Waals surface area contributed by atoms with Gasteiger partial charge < -0.3 is 14.2 Å². The second-order valence-electron chi connectivity index (χ2n) is 5.14. The molecular weight excluding hydrogens is 306 g/mol. The Morgan fingerprint density at radius 1 is 1.36 bits per heavy atom. The molecule has 0 amide bonds. The summed E-state index contributed by atoms with van der Waals surface area (Å²) in [5, 5.41) is 0.563. The van der Waals surface area contributed by atoms with Crippen molar-refractivity contribution in [1.29, 1.82) is 0 Å². The van der Waals surface area contributed by atoms with Gasteiger partial charge in [0.1, 0.15) is 5.75 Å². The first kappa shape index (κ1) is 15.1. The number of cyclic esters (lactones) is 1. The van der Waals surface area contributed by atoms with Crippen molar-refractivity contribution in [2.75, 3.05) is 20.3 Å². The minimum atomic E-state index is -0.441. The van der Waals surface area contributed by atoms with Gasteiger partial charge in [-0.25, -0.2) is 9.79 Å². The van der Waals surface area contributed by atoms with Crippen LogP contribution < -0.4 is 4.74 Å². The largest absolute Gasteiger partial charge is 0.496 e. The molecule has 2 heterocycles. The van der Waals surface area contributed by atoms with Gasteiger partial charge in [0, 0.05) is 29.7 Å². The first-order chi connectivity index (χ1) is 10.7. The molecule has 0 atom stereocenters. The summed E-state index contributed by atoms with van der Waals surface area (Å²) in [7, 11) is 1.56. The van der Waals surface area contributed by atoms with Gasteiger partial charge in [0.2, 0.25) is 5.90 Å². The molecule has 22 heavy (non-hydrogen) atoms. The highest BCUT2D eigenvalue weighted by Crippen LogP contribution is 2.28. The fraction of sp³-hybridized carbons (Fsp3) is 0.375. The van der Waals surface area contributed by atoms with E-state index in [2.05, 4.69) is 4.99 Å². The van der Waals surface area contributed by atoms with Gasteiger partial charge in [0.15, 0.2) is 5.70 Å². The van der Waals surface area contributed by atoms with Crippen molar-refractivity contribution in [3.05, 3.63) is 34.5 Å². The third kappa shape index (κ3) is 3.15. The van der Waals surface area contributed by atoms with Crippen LogP contribution >= 0.6 is 11.6 Å². The van der Waals surface area contributed by atoms with Crippen LogP contribution in [0, 0.1) is 5.92 Å². The van der Waals surface area contributed by atoms with Gasteiger partial charge in [-0.1, -0.05) is 11.6 Å². The van der Waals surface area contributed by atoms with Gasteiger partial charge in [-0.15, -0.1) is 0 Å². The summed E-state index contributed by atoms with van der Waals surface area (Å²) in [6.45, 7) is 1.34. The lowest BCUT2D eigenvalue weighted by molar-refractivity contribution is -0.130. The van der Waals surface area contributed by atoms with Gasteiger partial charge in [-0.3, -0.25) is 0 Å². The minimum Gasteiger partial charge on any atom is -0.496 e. The molecule has 0 aliphatic carbocycles. The number of carbonyl (C=O) groups excluding carboxylic acids is 1. The Kier molecular flexibility index (Phi) is 4.45. The molecule has 5 nitrogen and oxygen atoms in total. The van der Waals surface area contributed by atoms with Crippen LogP contribution in [0.25, 0.3) is 6.08 Å². The molecule has 0 aromatic heterocycles. The molecule has 1 fully saturated rings. The number of ether oxygens (including phenoxy) is 3. The van der Waals surface area contributed by atoms with Crippen molar-refractivity contribution >= 4 is 29.5 Å². The molecule has 116 valence electrons. The van der Waals surface area contributed by atoms with E-state index in [0.29, 0.717) is 35.4 Å². The molecular formula is C16H16ClNO4. The Balaban J connectivity index is 1.89. The first-order valence-corrected chi connectivity index (χ1v) is 7.49. The average Bonchev–Trinajstić information content (AvgIpc) is 2.90. The number of esters is 1. The predicted octanol–water partition coefficient (Wildman–Crippen LogP) is 3.07. The van der Waals surface area contributed by atoms with Gasteiger partial charge in [-0.05, 0) is 37.1 Å². The van der Waals surface area contributed by atoms with Crippen LogP contribution in [0.5, 0.6) is 5.75 Å². The fourth-order valence-electron chi connectivity index (χ4n) is 2.51. The van der Waals surface area contributed by atoms with E-state index in [1.165, 1.54) is 0 Å². The number of benzene rings is 1. The number of nitrogens with zero attached hydrogens (tertiary/aromatic N) is 1. The number of aliphatic imine (C=N–C) groups is 1. The summed E-state index contributed by atoms with van der Waals surface area (Å²) >= 11 is 6.00. The number of hydrogen-bond acceptors (Lipinski definition) is 5.